The van der Waals surface area contributed by atoms with Gasteiger partial charge in [0.2, 0.25) is 0 Å². The summed E-state index contributed by atoms with van der Waals surface area (Å²) in [7, 11) is 2.02. The summed E-state index contributed by atoms with van der Waals surface area (Å²) < 4.78 is 1.40. The van der Waals surface area contributed by atoms with E-state index in [2.05, 4.69) is 16.1 Å². The lowest BCUT2D eigenvalue weighted by molar-refractivity contribution is -0.384. The molecule has 0 bridgehead atoms. The molecule has 1 aromatic heterocycles. The van der Waals surface area contributed by atoms with Crippen LogP contribution in [0.2, 0.25) is 0 Å². The van der Waals surface area contributed by atoms with E-state index in [1.54, 1.807) is 24.3 Å². The van der Waals surface area contributed by atoms with E-state index in [9.17, 15) is 20.6 Å². The van der Waals surface area contributed by atoms with Gasteiger partial charge in [-0.2, -0.15) is 15.6 Å². The fourth-order valence-electron chi connectivity index (χ4n) is 3.91. The molecule has 2 aromatic carbocycles. The van der Waals surface area contributed by atoms with E-state index < -0.39 is 4.92 Å². The Morgan fingerprint density at radius 2 is 1.85 bits per heavy atom. The Bertz CT molecular complexity index is 1340. The molecule has 3 aromatic rings. The fourth-order valence-corrected chi connectivity index (χ4v) is 3.91. The lowest BCUT2D eigenvalue weighted by Crippen LogP contribution is -2.44. The van der Waals surface area contributed by atoms with Gasteiger partial charge in [0.15, 0.2) is 0 Å². The van der Waals surface area contributed by atoms with Crippen molar-refractivity contribution in [2.45, 2.75) is 0 Å². The van der Waals surface area contributed by atoms with Crippen LogP contribution in [0, 0.1) is 32.8 Å². The van der Waals surface area contributed by atoms with Gasteiger partial charge >= 0.3 is 0 Å². The van der Waals surface area contributed by atoms with Crippen LogP contribution in [0.3, 0.4) is 0 Å². The molecule has 0 atom stereocenters. The molecule has 34 heavy (non-hydrogen) atoms. The first-order valence-electron chi connectivity index (χ1n) is 10.6. The predicted molar refractivity (Wildman–Crippen MR) is 129 cm³/mol. The zero-order chi connectivity index (χ0) is 24.2. The largest absolute Gasteiger partial charge is 0.382 e. The molecule has 2 N–H and O–H groups in total. The summed E-state index contributed by atoms with van der Waals surface area (Å²) in [5.41, 5.74) is 8.04. The van der Waals surface area contributed by atoms with Crippen LogP contribution >= 0.6 is 0 Å². The van der Waals surface area contributed by atoms with Gasteiger partial charge in [0.1, 0.15) is 34.9 Å². The number of nitrogens with zero attached hydrogens (tertiary/aromatic N) is 7. The minimum absolute atomic E-state index is 0.0366. The van der Waals surface area contributed by atoms with Gasteiger partial charge in [-0.1, -0.05) is 24.3 Å². The summed E-state index contributed by atoms with van der Waals surface area (Å²) in [6, 6.07) is 18.0. The van der Waals surface area contributed by atoms with Crippen molar-refractivity contribution in [1.82, 2.24) is 14.7 Å². The Labute approximate surface area is 196 Å². The molecule has 0 saturated carbocycles. The van der Waals surface area contributed by atoms with Crippen molar-refractivity contribution in [2.75, 3.05) is 43.9 Å². The van der Waals surface area contributed by atoms with Crippen LogP contribution in [0.15, 0.2) is 48.5 Å². The van der Waals surface area contributed by atoms with E-state index in [4.69, 9.17) is 5.73 Å². The SMILES string of the molecule is CN1CCN(c2ccc(/C=C(/C#N)c3nn(-c4ccccc4)c(N)c3C#N)cc2[N+](=O)[O-])CC1. The van der Waals surface area contributed by atoms with Gasteiger partial charge < -0.3 is 15.5 Å². The molecular weight excluding hydrogens is 432 g/mol. The number of likely N-dealkylation sites (N-methyl/N-ethyl adjacent to an activating group) is 1. The Morgan fingerprint density at radius 1 is 1.15 bits per heavy atom. The zero-order valence-corrected chi connectivity index (χ0v) is 18.5. The number of hydrogen-bond donors (Lipinski definition) is 1. The summed E-state index contributed by atoms with van der Waals surface area (Å²) in [5.74, 6) is 0.112. The highest BCUT2D eigenvalue weighted by molar-refractivity contribution is 5.92. The number of nitro groups is 1. The number of nitrogens with two attached hydrogens (primary N) is 1. The molecule has 1 aliphatic heterocycles. The highest BCUT2D eigenvalue weighted by Crippen LogP contribution is 2.32. The number of piperazine rings is 1. The number of aromatic nitrogens is 2. The van der Waals surface area contributed by atoms with Crippen molar-refractivity contribution in [3.63, 3.8) is 0 Å². The second-order valence-electron chi connectivity index (χ2n) is 7.93. The van der Waals surface area contributed by atoms with E-state index in [0.717, 1.165) is 13.1 Å². The number of rotatable bonds is 5. The monoisotopic (exact) mass is 454 g/mol. The molecule has 0 amide bonds. The van der Waals surface area contributed by atoms with Crippen molar-refractivity contribution in [3.8, 4) is 17.8 Å². The summed E-state index contributed by atoms with van der Waals surface area (Å²) in [4.78, 5) is 15.6. The molecule has 10 heteroatoms. The molecule has 10 nitrogen and oxygen atoms in total. The maximum Gasteiger partial charge on any atom is 0.293 e. The summed E-state index contributed by atoms with van der Waals surface area (Å²) >= 11 is 0. The molecule has 2 heterocycles. The number of nitro benzene ring substituents is 1. The molecule has 1 aliphatic rings. The van der Waals surface area contributed by atoms with Gasteiger partial charge in [-0.05, 0) is 36.9 Å². The second kappa shape index (κ2) is 9.45. The smallest absolute Gasteiger partial charge is 0.293 e. The molecule has 0 spiro atoms. The average molecular weight is 454 g/mol. The molecule has 1 saturated heterocycles. The zero-order valence-electron chi connectivity index (χ0n) is 18.5. The van der Waals surface area contributed by atoms with Crippen LogP contribution < -0.4 is 10.6 Å². The normalized spacial score (nSPS) is 14.4. The first kappa shape index (κ1) is 22.5. The lowest BCUT2D eigenvalue weighted by Gasteiger charge is -2.33. The van der Waals surface area contributed by atoms with Gasteiger partial charge in [-0.3, -0.25) is 10.1 Å². The average Bonchev–Trinajstić information content (AvgIpc) is 3.19. The van der Waals surface area contributed by atoms with Crippen LogP contribution in [0.5, 0.6) is 0 Å². The number of allylic oxidation sites excluding steroid dienone is 1. The molecule has 0 aliphatic carbocycles. The van der Waals surface area contributed by atoms with Crippen molar-refractivity contribution in [1.29, 1.82) is 10.5 Å². The molecular formula is C24H22N8O2. The third kappa shape index (κ3) is 4.31. The summed E-state index contributed by atoms with van der Waals surface area (Å²) in [5, 5.41) is 35.7. The maximum absolute atomic E-state index is 11.8. The van der Waals surface area contributed by atoms with E-state index in [1.165, 1.54) is 16.8 Å². The summed E-state index contributed by atoms with van der Waals surface area (Å²) in [6.45, 7) is 3.02. The molecule has 4 rings (SSSR count). The van der Waals surface area contributed by atoms with Crippen LogP contribution in [0.1, 0.15) is 16.8 Å². The van der Waals surface area contributed by atoms with Gasteiger partial charge in [0, 0.05) is 32.2 Å². The predicted octanol–water partition coefficient (Wildman–Crippen LogP) is 3.05. The molecule has 1 fully saturated rings. The van der Waals surface area contributed by atoms with Crippen LogP contribution in [0.25, 0.3) is 17.3 Å². The standard InChI is InChI=1S/C24H22N8O2/c1-29-9-11-30(12-10-29)21-8-7-17(14-22(21)32(33)34)13-18(15-25)23-20(16-26)24(27)31(28-23)19-5-3-2-4-6-19/h2-8,13-14H,9-12,27H2,1H3/b18-13-. The van der Waals surface area contributed by atoms with Crippen molar-refractivity contribution < 1.29 is 4.92 Å². The third-order valence-electron chi connectivity index (χ3n) is 5.76. The third-order valence-corrected chi connectivity index (χ3v) is 5.76. The van der Waals surface area contributed by atoms with Crippen molar-refractivity contribution >= 4 is 28.8 Å². The number of nitrogen functional groups attached to an aromatic ring is 1. The number of para-hydroxylation sites is 1. The second-order valence-corrected chi connectivity index (χ2v) is 7.93. The highest BCUT2D eigenvalue weighted by atomic mass is 16.6. The van der Waals surface area contributed by atoms with Crippen LogP contribution in [-0.2, 0) is 0 Å². The van der Waals surface area contributed by atoms with E-state index >= 15 is 0 Å². The first-order valence-corrected chi connectivity index (χ1v) is 10.6. The lowest BCUT2D eigenvalue weighted by atomic mass is 10.0. The summed E-state index contributed by atoms with van der Waals surface area (Å²) in [6.07, 6.45) is 1.48. The number of benzene rings is 2. The number of anilines is 2. The van der Waals surface area contributed by atoms with Crippen LogP contribution in [-0.4, -0.2) is 52.8 Å². The minimum atomic E-state index is -0.417. The van der Waals surface area contributed by atoms with Crippen molar-refractivity contribution in [2.24, 2.45) is 0 Å². The first-order chi connectivity index (χ1) is 16.4. The Morgan fingerprint density at radius 3 is 2.47 bits per heavy atom. The number of nitriles is 2. The van der Waals surface area contributed by atoms with E-state index in [0.29, 0.717) is 30.0 Å². The fraction of sp³-hybridized carbons (Fsp3) is 0.208. The maximum atomic E-state index is 11.8. The van der Waals surface area contributed by atoms with Crippen LogP contribution in [0.4, 0.5) is 17.2 Å². The van der Waals surface area contributed by atoms with Gasteiger partial charge in [0.25, 0.3) is 5.69 Å². The van der Waals surface area contributed by atoms with Crippen molar-refractivity contribution in [3.05, 3.63) is 75.5 Å². The van der Waals surface area contributed by atoms with E-state index in [1.807, 2.05) is 36.2 Å². The van der Waals surface area contributed by atoms with Gasteiger partial charge in [-0.25, -0.2) is 4.68 Å². The molecule has 0 unspecified atom stereocenters. The highest BCUT2D eigenvalue weighted by Gasteiger charge is 2.24. The minimum Gasteiger partial charge on any atom is -0.382 e. The molecule has 170 valence electrons. The van der Waals surface area contributed by atoms with Gasteiger partial charge in [-0.15, -0.1) is 0 Å². The van der Waals surface area contributed by atoms with Gasteiger partial charge in [0.05, 0.1) is 16.2 Å². The number of hydrogen-bond acceptors (Lipinski definition) is 8. The molecule has 0 radical (unpaired) electrons. The Kier molecular flexibility index (Phi) is 6.26. The quantitative estimate of drug-likeness (QED) is 0.352. The Balaban J connectivity index is 1.75. The Hall–Kier alpha value is -4.67. The topological polar surface area (TPSA) is 141 Å². The van der Waals surface area contributed by atoms with E-state index in [-0.39, 0.29) is 28.3 Å².